The van der Waals surface area contributed by atoms with E-state index < -0.39 is 0 Å². The maximum atomic E-state index is 9.92. The van der Waals surface area contributed by atoms with E-state index in [1.165, 1.54) is 38.5 Å². The zero-order valence-corrected chi connectivity index (χ0v) is 12.2. The molecule has 108 valence electrons. The number of methoxy groups -OCH3 is 1. The highest BCUT2D eigenvalue weighted by Crippen LogP contribution is 2.28. The molecule has 0 aliphatic carbocycles. The second-order valence-corrected chi connectivity index (χ2v) is 4.91. The number of nitrogens with one attached hydrogen (secondary N) is 1. The van der Waals surface area contributed by atoms with Crippen molar-refractivity contribution in [2.45, 2.75) is 52.0 Å². The average Bonchev–Trinajstić information content (AvgIpc) is 2.43. The molecule has 0 atom stereocenters. The molecule has 0 spiro atoms. The molecule has 0 heterocycles. The summed E-state index contributed by atoms with van der Waals surface area (Å²) in [7, 11) is 1.57. The van der Waals surface area contributed by atoms with Gasteiger partial charge in [-0.1, -0.05) is 51.2 Å². The fraction of sp³-hybridized carbons (Fsp3) is 0.625. The molecule has 0 saturated heterocycles. The topological polar surface area (TPSA) is 41.5 Å². The predicted molar refractivity (Wildman–Crippen MR) is 79.7 cm³/mol. The fourth-order valence-corrected chi connectivity index (χ4v) is 2.13. The van der Waals surface area contributed by atoms with Gasteiger partial charge in [-0.05, 0) is 19.0 Å². The summed E-state index contributed by atoms with van der Waals surface area (Å²) < 4.78 is 5.09. The van der Waals surface area contributed by atoms with Crippen molar-refractivity contribution in [2.24, 2.45) is 0 Å². The van der Waals surface area contributed by atoms with Crippen molar-refractivity contribution >= 4 is 0 Å². The SMILES string of the molecule is CCCCCCCCNCc1cccc(OC)c1O. The van der Waals surface area contributed by atoms with Gasteiger partial charge in [-0.15, -0.1) is 0 Å². The fourth-order valence-electron chi connectivity index (χ4n) is 2.13. The van der Waals surface area contributed by atoms with Gasteiger partial charge in [0.15, 0.2) is 11.5 Å². The molecule has 1 aromatic rings. The monoisotopic (exact) mass is 265 g/mol. The minimum atomic E-state index is 0.250. The van der Waals surface area contributed by atoms with Crippen LogP contribution in [0.15, 0.2) is 18.2 Å². The number of ether oxygens (including phenoxy) is 1. The van der Waals surface area contributed by atoms with Crippen molar-refractivity contribution in [3.05, 3.63) is 23.8 Å². The van der Waals surface area contributed by atoms with Gasteiger partial charge in [-0.3, -0.25) is 0 Å². The van der Waals surface area contributed by atoms with Crippen molar-refractivity contribution in [3.8, 4) is 11.5 Å². The quantitative estimate of drug-likeness (QED) is 0.631. The van der Waals surface area contributed by atoms with Crippen LogP contribution in [0.1, 0.15) is 51.0 Å². The van der Waals surface area contributed by atoms with Crippen molar-refractivity contribution in [1.29, 1.82) is 0 Å². The van der Waals surface area contributed by atoms with Crippen LogP contribution in [0.5, 0.6) is 11.5 Å². The third-order valence-corrected chi connectivity index (χ3v) is 3.33. The van der Waals surface area contributed by atoms with Crippen molar-refractivity contribution in [1.82, 2.24) is 5.32 Å². The van der Waals surface area contributed by atoms with E-state index >= 15 is 0 Å². The summed E-state index contributed by atoms with van der Waals surface area (Å²) >= 11 is 0. The maximum absolute atomic E-state index is 9.92. The average molecular weight is 265 g/mol. The summed E-state index contributed by atoms with van der Waals surface area (Å²) in [6.07, 6.45) is 7.83. The highest BCUT2D eigenvalue weighted by molar-refractivity contribution is 5.45. The molecule has 0 radical (unpaired) electrons. The Morgan fingerprint density at radius 2 is 1.84 bits per heavy atom. The second-order valence-electron chi connectivity index (χ2n) is 4.91. The van der Waals surface area contributed by atoms with Crippen LogP contribution in [0.2, 0.25) is 0 Å². The summed E-state index contributed by atoms with van der Waals surface area (Å²) in [6, 6.07) is 5.60. The molecule has 0 aliphatic rings. The third kappa shape index (κ3) is 5.97. The van der Waals surface area contributed by atoms with E-state index in [0.29, 0.717) is 12.3 Å². The predicted octanol–water partition coefficient (Wildman–Crippen LogP) is 3.85. The summed E-state index contributed by atoms with van der Waals surface area (Å²) in [5.41, 5.74) is 0.894. The summed E-state index contributed by atoms with van der Waals surface area (Å²) in [5.74, 6) is 0.791. The van der Waals surface area contributed by atoms with Gasteiger partial charge in [-0.25, -0.2) is 0 Å². The van der Waals surface area contributed by atoms with Crippen molar-refractivity contribution < 1.29 is 9.84 Å². The van der Waals surface area contributed by atoms with Crippen LogP contribution in [0.25, 0.3) is 0 Å². The van der Waals surface area contributed by atoms with E-state index in [-0.39, 0.29) is 5.75 Å². The minimum absolute atomic E-state index is 0.250. The first-order valence-electron chi connectivity index (χ1n) is 7.35. The molecule has 3 heteroatoms. The second kappa shape index (κ2) is 9.68. The maximum Gasteiger partial charge on any atom is 0.162 e. The zero-order valence-electron chi connectivity index (χ0n) is 12.2. The number of hydrogen-bond acceptors (Lipinski definition) is 3. The zero-order chi connectivity index (χ0) is 13.9. The molecule has 1 aromatic carbocycles. The van der Waals surface area contributed by atoms with E-state index in [2.05, 4.69) is 12.2 Å². The van der Waals surface area contributed by atoms with Crippen LogP contribution in [-0.2, 0) is 6.54 Å². The van der Waals surface area contributed by atoms with E-state index in [4.69, 9.17) is 4.74 Å². The lowest BCUT2D eigenvalue weighted by molar-refractivity contribution is 0.369. The number of rotatable bonds is 10. The molecule has 0 unspecified atom stereocenters. The van der Waals surface area contributed by atoms with Crippen LogP contribution in [0, 0.1) is 0 Å². The Hall–Kier alpha value is -1.22. The number of unbranched alkanes of at least 4 members (excludes halogenated alkanes) is 5. The smallest absolute Gasteiger partial charge is 0.162 e. The molecule has 3 nitrogen and oxygen atoms in total. The number of phenols is 1. The molecule has 0 saturated carbocycles. The van der Waals surface area contributed by atoms with Gasteiger partial charge in [-0.2, -0.15) is 0 Å². The molecule has 1 rings (SSSR count). The Kier molecular flexibility index (Phi) is 8.07. The first-order chi connectivity index (χ1) is 9.29. The molecule has 0 aliphatic heterocycles. The lowest BCUT2D eigenvalue weighted by Crippen LogP contribution is -2.14. The van der Waals surface area contributed by atoms with Crippen molar-refractivity contribution in [3.63, 3.8) is 0 Å². The van der Waals surface area contributed by atoms with E-state index in [9.17, 15) is 5.11 Å². The third-order valence-electron chi connectivity index (χ3n) is 3.33. The summed E-state index contributed by atoms with van der Waals surface area (Å²) in [5, 5.41) is 13.3. The summed E-state index contributed by atoms with van der Waals surface area (Å²) in [6.45, 7) is 3.93. The van der Waals surface area contributed by atoms with Gasteiger partial charge in [0.1, 0.15) is 0 Å². The molecule has 0 aromatic heterocycles. The molecule has 0 amide bonds. The van der Waals surface area contributed by atoms with Gasteiger partial charge >= 0.3 is 0 Å². The first-order valence-corrected chi connectivity index (χ1v) is 7.35. The van der Waals surface area contributed by atoms with Crippen LogP contribution in [0.4, 0.5) is 0 Å². The summed E-state index contributed by atoms with van der Waals surface area (Å²) in [4.78, 5) is 0. The van der Waals surface area contributed by atoms with Gasteiger partial charge in [0.05, 0.1) is 7.11 Å². The molecular weight excluding hydrogens is 238 g/mol. The van der Waals surface area contributed by atoms with Crippen LogP contribution in [-0.4, -0.2) is 18.8 Å². The Balaban J connectivity index is 2.16. The lowest BCUT2D eigenvalue weighted by Gasteiger charge is -2.09. The highest BCUT2D eigenvalue weighted by Gasteiger charge is 2.05. The highest BCUT2D eigenvalue weighted by atomic mass is 16.5. The Bertz CT molecular complexity index is 353. The van der Waals surface area contributed by atoms with Crippen LogP contribution >= 0.6 is 0 Å². The van der Waals surface area contributed by atoms with E-state index in [1.807, 2.05) is 12.1 Å². The standard InChI is InChI=1S/C16H27NO2/c1-3-4-5-6-7-8-12-17-13-14-10-9-11-15(19-2)16(14)18/h9-11,17-18H,3-8,12-13H2,1-2H3. The van der Waals surface area contributed by atoms with Gasteiger partial charge in [0, 0.05) is 12.1 Å². The first kappa shape index (κ1) is 15.8. The number of hydrogen-bond donors (Lipinski definition) is 2. The molecule has 0 bridgehead atoms. The Morgan fingerprint density at radius 3 is 2.58 bits per heavy atom. The number of phenolic OH excluding ortho intramolecular Hbond substituents is 1. The lowest BCUT2D eigenvalue weighted by atomic mass is 10.1. The number of para-hydroxylation sites is 1. The Morgan fingerprint density at radius 1 is 1.11 bits per heavy atom. The van der Waals surface area contributed by atoms with Crippen LogP contribution < -0.4 is 10.1 Å². The molecule has 2 N–H and O–H groups in total. The van der Waals surface area contributed by atoms with E-state index in [0.717, 1.165) is 12.1 Å². The Labute approximate surface area is 117 Å². The number of aromatic hydroxyl groups is 1. The molecule has 0 fully saturated rings. The van der Waals surface area contributed by atoms with Gasteiger partial charge < -0.3 is 15.2 Å². The minimum Gasteiger partial charge on any atom is -0.504 e. The van der Waals surface area contributed by atoms with Gasteiger partial charge in [0.25, 0.3) is 0 Å². The largest absolute Gasteiger partial charge is 0.504 e. The molecule has 19 heavy (non-hydrogen) atoms. The van der Waals surface area contributed by atoms with Crippen LogP contribution in [0.3, 0.4) is 0 Å². The van der Waals surface area contributed by atoms with E-state index in [1.54, 1.807) is 13.2 Å². The van der Waals surface area contributed by atoms with Gasteiger partial charge in [0.2, 0.25) is 0 Å². The number of benzene rings is 1. The molecular formula is C16H27NO2. The van der Waals surface area contributed by atoms with Crippen molar-refractivity contribution in [2.75, 3.05) is 13.7 Å². The normalized spacial score (nSPS) is 10.6.